The van der Waals surface area contributed by atoms with Crippen molar-refractivity contribution in [2.24, 2.45) is 7.05 Å². The van der Waals surface area contributed by atoms with E-state index in [-0.39, 0.29) is 16.5 Å². The highest BCUT2D eigenvalue weighted by molar-refractivity contribution is 5.78. The molecule has 23 heavy (non-hydrogen) atoms. The van der Waals surface area contributed by atoms with Gasteiger partial charge in [0.2, 0.25) is 11.7 Å². The number of carbonyl (C=O) groups excluding carboxylic acids is 1. The fraction of sp³-hybridized carbons (Fsp3) is 0.571. The zero-order valence-electron chi connectivity index (χ0n) is 13.5. The van der Waals surface area contributed by atoms with Crippen molar-refractivity contribution in [3.05, 3.63) is 28.5 Å². The Balaban J connectivity index is 1.99. The molecule has 0 radical (unpaired) electrons. The van der Waals surface area contributed by atoms with Crippen molar-refractivity contribution in [3.63, 3.8) is 0 Å². The van der Waals surface area contributed by atoms with E-state index >= 15 is 0 Å². The molecule has 1 saturated heterocycles. The van der Waals surface area contributed by atoms with Crippen molar-refractivity contribution in [1.29, 1.82) is 0 Å². The topological polar surface area (TPSA) is 96.5 Å². The molecule has 0 saturated carbocycles. The van der Waals surface area contributed by atoms with E-state index in [1.54, 1.807) is 24.7 Å². The third-order valence-electron chi connectivity index (χ3n) is 3.83. The standard InChI is InChI=1S/C14H22N6O3/c1-4-5-15-12(21)10-18-6-8-19(9-7-18)14-13(20(22)23)11(2)16-17(14)3/h4H,1,5-10H2,2-3H3,(H,15,21). The van der Waals surface area contributed by atoms with Crippen molar-refractivity contribution in [3.8, 4) is 0 Å². The van der Waals surface area contributed by atoms with Crippen LogP contribution in [0.3, 0.4) is 0 Å². The Morgan fingerprint density at radius 3 is 2.65 bits per heavy atom. The van der Waals surface area contributed by atoms with Gasteiger partial charge in [-0.2, -0.15) is 5.10 Å². The fourth-order valence-corrected chi connectivity index (χ4v) is 2.77. The summed E-state index contributed by atoms with van der Waals surface area (Å²) in [5.41, 5.74) is 0.475. The SMILES string of the molecule is C=CCNC(=O)CN1CCN(c2c([N+](=O)[O-])c(C)nn2C)CC1. The van der Waals surface area contributed by atoms with E-state index in [9.17, 15) is 14.9 Å². The molecule has 0 spiro atoms. The fourth-order valence-electron chi connectivity index (χ4n) is 2.77. The minimum absolute atomic E-state index is 0.0410. The number of aryl methyl sites for hydroxylation is 2. The molecule has 1 aromatic heterocycles. The summed E-state index contributed by atoms with van der Waals surface area (Å²) in [4.78, 5) is 26.6. The maximum Gasteiger partial charge on any atom is 0.333 e. The molecule has 0 aliphatic carbocycles. The lowest BCUT2D eigenvalue weighted by atomic mass is 10.2. The van der Waals surface area contributed by atoms with E-state index < -0.39 is 0 Å². The van der Waals surface area contributed by atoms with E-state index in [0.717, 1.165) is 0 Å². The molecule has 1 aliphatic heterocycles. The highest BCUT2D eigenvalue weighted by Crippen LogP contribution is 2.31. The Labute approximate surface area is 134 Å². The molecule has 9 heteroatoms. The molecule has 1 aromatic rings. The lowest BCUT2D eigenvalue weighted by molar-refractivity contribution is -0.384. The van der Waals surface area contributed by atoms with Crippen LogP contribution in [0.15, 0.2) is 12.7 Å². The number of piperazine rings is 1. The Hall–Kier alpha value is -2.42. The van der Waals surface area contributed by atoms with Crippen LogP contribution >= 0.6 is 0 Å². The van der Waals surface area contributed by atoms with Crippen molar-refractivity contribution in [1.82, 2.24) is 20.0 Å². The zero-order chi connectivity index (χ0) is 17.0. The number of amides is 1. The molecule has 2 rings (SSSR count). The second-order valence-electron chi connectivity index (χ2n) is 5.49. The van der Waals surface area contributed by atoms with E-state index in [4.69, 9.17) is 0 Å². The zero-order valence-corrected chi connectivity index (χ0v) is 13.5. The van der Waals surface area contributed by atoms with E-state index in [2.05, 4.69) is 17.0 Å². The summed E-state index contributed by atoms with van der Waals surface area (Å²) < 4.78 is 1.56. The van der Waals surface area contributed by atoms with Gasteiger partial charge in [0.15, 0.2) is 0 Å². The average molecular weight is 322 g/mol. The largest absolute Gasteiger partial charge is 0.352 e. The van der Waals surface area contributed by atoms with Crippen molar-refractivity contribution in [2.45, 2.75) is 6.92 Å². The number of nitrogens with one attached hydrogen (secondary N) is 1. The van der Waals surface area contributed by atoms with Crippen LogP contribution in [0.2, 0.25) is 0 Å². The minimum Gasteiger partial charge on any atom is -0.352 e. The number of aromatic nitrogens is 2. The van der Waals surface area contributed by atoms with E-state index in [1.807, 2.05) is 9.80 Å². The maximum absolute atomic E-state index is 11.7. The predicted octanol–water partition coefficient (Wildman–Crippen LogP) is 0.0609. The molecule has 0 aromatic carbocycles. The molecule has 9 nitrogen and oxygen atoms in total. The quantitative estimate of drug-likeness (QED) is 0.452. The molecular formula is C14H22N6O3. The van der Waals surface area contributed by atoms with Gasteiger partial charge in [0, 0.05) is 39.8 Å². The van der Waals surface area contributed by atoms with E-state index in [1.165, 1.54) is 0 Å². The second-order valence-corrected chi connectivity index (χ2v) is 5.49. The number of hydrogen-bond donors (Lipinski definition) is 1. The first-order valence-corrected chi connectivity index (χ1v) is 7.47. The first-order chi connectivity index (χ1) is 10.9. The molecule has 1 amide bonds. The Morgan fingerprint density at radius 2 is 2.09 bits per heavy atom. The Kier molecular flexibility index (Phi) is 5.32. The summed E-state index contributed by atoms with van der Waals surface area (Å²) in [7, 11) is 1.71. The van der Waals surface area contributed by atoms with Crippen LogP contribution in [0.5, 0.6) is 0 Å². The molecule has 2 heterocycles. The van der Waals surface area contributed by atoms with Crippen LogP contribution < -0.4 is 10.2 Å². The summed E-state index contributed by atoms with van der Waals surface area (Å²) in [6.07, 6.45) is 1.64. The Morgan fingerprint density at radius 1 is 1.43 bits per heavy atom. The van der Waals surface area contributed by atoms with Crippen molar-refractivity contribution < 1.29 is 9.72 Å². The third-order valence-corrected chi connectivity index (χ3v) is 3.83. The lowest BCUT2D eigenvalue weighted by Crippen LogP contribution is -2.50. The van der Waals surface area contributed by atoms with Crippen LogP contribution in [0, 0.1) is 17.0 Å². The van der Waals surface area contributed by atoms with Gasteiger partial charge in [0.25, 0.3) is 0 Å². The van der Waals surface area contributed by atoms with Gasteiger partial charge in [-0.05, 0) is 6.92 Å². The highest BCUT2D eigenvalue weighted by Gasteiger charge is 2.30. The minimum atomic E-state index is -0.382. The van der Waals surface area contributed by atoms with Gasteiger partial charge in [0.05, 0.1) is 11.5 Å². The number of anilines is 1. The summed E-state index contributed by atoms with van der Waals surface area (Å²) in [5, 5.41) is 18.2. The Bertz CT molecular complexity index is 604. The molecule has 0 atom stereocenters. The molecular weight excluding hydrogens is 300 g/mol. The van der Waals surface area contributed by atoms with E-state index in [0.29, 0.717) is 50.8 Å². The van der Waals surface area contributed by atoms with Gasteiger partial charge in [-0.25, -0.2) is 4.68 Å². The summed E-state index contributed by atoms with van der Waals surface area (Å²) in [6, 6.07) is 0. The second kappa shape index (κ2) is 7.23. The number of hydrogen-bond acceptors (Lipinski definition) is 6. The van der Waals surface area contributed by atoms with Crippen molar-refractivity contribution in [2.75, 3.05) is 44.2 Å². The highest BCUT2D eigenvalue weighted by atomic mass is 16.6. The molecule has 1 aliphatic rings. The van der Waals surface area contributed by atoms with Crippen LogP contribution in [0.1, 0.15) is 5.69 Å². The summed E-state index contributed by atoms with van der Waals surface area (Å²) >= 11 is 0. The molecule has 0 unspecified atom stereocenters. The van der Waals surface area contributed by atoms with Gasteiger partial charge in [-0.15, -0.1) is 6.58 Å². The number of carbonyl (C=O) groups is 1. The number of rotatable bonds is 6. The first kappa shape index (κ1) is 16.9. The third kappa shape index (κ3) is 3.86. The lowest BCUT2D eigenvalue weighted by Gasteiger charge is -2.34. The number of nitrogens with zero attached hydrogens (tertiary/aromatic N) is 5. The monoisotopic (exact) mass is 322 g/mol. The van der Waals surface area contributed by atoms with Gasteiger partial charge >= 0.3 is 5.69 Å². The van der Waals surface area contributed by atoms with Crippen molar-refractivity contribution >= 4 is 17.4 Å². The smallest absolute Gasteiger partial charge is 0.333 e. The van der Waals surface area contributed by atoms with Crippen LogP contribution in [-0.4, -0.2) is 64.8 Å². The number of nitro groups is 1. The van der Waals surface area contributed by atoms with Crippen LogP contribution in [-0.2, 0) is 11.8 Å². The van der Waals surface area contributed by atoms with Gasteiger partial charge in [0.1, 0.15) is 5.69 Å². The molecule has 126 valence electrons. The summed E-state index contributed by atoms with van der Waals surface area (Å²) in [5.74, 6) is 0.490. The molecule has 0 bridgehead atoms. The summed E-state index contributed by atoms with van der Waals surface area (Å²) in [6.45, 7) is 8.56. The van der Waals surface area contributed by atoms with Gasteiger partial charge < -0.3 is 10.2 Å². The molecule has 1 fully saturated rings. The predicted molar refractivity (Wildman–Crippen MR) is 86.5 cm³/mol. The first-order valence-electron chi connectivity index (χ1n) is 7.47. The molecule has 1 N–H and O–H groups in total. The average Bonchev–Trinajstić information content (AvgIpc) is 2.80. The van der Waals surface area contributed by atoms with Crippen LogP contribution in [0.4, 0.5) is 11.5 Å². The van der Waals surface area contributed by atoms with Gasteiger partial charge in [-0.1, -0.05) is 6.08 Å². The van der Waals surface area contributed by atoms with Gasteiger partial charge in [-0.3, -0.25) is 19.8 Å². The van der Waals surface area contributed by atoms with Crippen LogP contribution in [0.25, 0.3) is 0 Å². The maximum atomic E-state index is 11.7. The normalized spacial score (nSPS) is 15.5.